The Labute approximate surface area is 183 Å². The highest BCUT2D eigenvalue weighted by atomic mass is 127. The summed E-state index contributed by atoms with van der Waals surface area (Å²) in [7, 11) is 0. The molecule has 6 heteroatoms. The maximum absolute atomic E-state index is 13.0. The topological polar surface area (TPSA) is 30.5 Å². The van der Waals surface area contributed by atoms with Gasteiger partial charge in [0.1, 0.15) is 12.4 Å². The van der Waals surface area contributed by atoms with Gasteiger partial charge in [0.15, 0.2) is 11.5 Å². The summed E-state index contributed by atoms with van der Waals surface area (Å²) in [4.78, 5) is 0. The Kier molecular flexibility index (Phi) is 7.39. The zero-order valence-electron chi connectivity index (χ0n) is 15.3. The van der Waals surface area contributed by atoms with Crippen molar-refractivity contribution in [3.8, 4) is 11.5 Å². The molecule has 0 aromatic heterocycles. The van der Waals surface area contributed by atoms with E-state index in [2.05, 4.69) is 34.0 Å². The minimum atomic E-state index is -0.249. The number of benzene rings is 3. The molecule has 0 saturated heterocycles. The highest BCUT2D eigenvalue weighted by molar-refractivity contribution is 14.1. The summed E-state index contributed by atoms with van der Waals surface area (Å²) in [5, 5.41) is 3.99. The number of nitrogens with one attached hydrogen (secondary N) is 1. The lowest BCUT2D eigenvalue weighted by molar-refractivity contribution is 0.267. The van der Waals surface area contributed by atoms with Gasteiger partial charge in [0.05, 0.1) is 10.2 Å². The predicted molar refractivity (Wildman–Crippen MR) is 120 cm³/mol. The Morgan fingerprint density at radius 1 is 0.964 bits per heavy atom. The molecule has 0 aliphatic carbocycles. The molecule has 0 heterocycles. The van der Waals surface area contributed by atoms with Crippen molar-refractivity contribution < 1.29 is 13.9 Å². The first kappa shape index (κ1) is 20.7. The van der Waals surface area contributed by atoms with Gasteiger partial charge in [-0.1, -0.05) is 23.7 Å². The van der Waals surface area contributed by atoms with Crippen molar-refractivity contribution in [1.82, 2.24) is 0 Å². The molecule has 0 radical (unpaired) electrons. The van der Waals surface area contributed by atoms with Gasteiger partial charge >= 0.3 is 0 Å². The maximum Gasteiger partial charge on any atom is 0.174 e. The van der Waals surface area contributed by atoms with E-state index in [1.165, 1.54) is 12.1 Å². The third-order valence-corrected chi connectivity index (χ3v) is 5.06. The molecule has 0 fully saturated rings. The van der Waals surface area contributed by atoms with Gasteiger partial charge in [-0.05, 0) is 89.2 Å². The van der Waals surface area contributed by atoms with Crippen LogP contribution in [0.3, 0.4) is 0 Å². The lowest BCUT2D eigenvalue weighted by atomic mass is 10.2. The number of anilines is 1. The first-order valence-electron chi connectivity index (χ1n) is 8.87. The van der Waals surface area contributed by atoms with Crippen LogP contribution in [0.1, 0.15) is 18.1 Å². The van der Waals surface area contributed by atoms with E-state index in [0.717, 1.165) is 26.1 Å². The number of rotatable bonds is 8. The van der Waals surface area contributed by atoms with Gasteiger partial charge in [-0.2, -0.15) is 0 Å². The molecule has 0 saturated carbocycles. The second-order valence-electron chi connectivity index (χ2n) is 6.11. The summed E-state index contributed by atoms with van der Waals surface area (Å²) in [6, 6.07) is 17.9. The first-order chi connectivity index (χ1) is 13.5. The minimum Gasteiger partial charge on any atom is -0.490 e. The van der Waals surface area contributed by atoms with E-state index in [-0.39, 0.29) is 5.82 Å². The molecule has 0 spiro atoms. The van der Waals surface area contributed by atoms with Gasteiger partial charge in [0.25, 0.3) is 0 Å². The van der Waals surface area contributed by atoms with E-state index < -0.39 is 0 Å². The molecule has 0 aliphatic heterocycles. The van der Waals surface area contributed by atoms with Crippen molar-refractivity contribution in [2.24, 2.45) is 0 Å². The Bertz CT molecular complexity index is 917. The molecule has 1 N–H and O–H groups in total. The molecular weight excluding hydrogens is 492 g/mol. The van der Waals surface area contributed by atoms with Gasteiger partial charge in [-0.15, -0.1) is 0 Å². The number of hydrogen-bond acceptors (Lipinski definition) is 3. The summed E-state index contributed by atoms with van der Waals surface area (Å²) in [6.07, 6.45) is 0. The molecule has 0 amide bonds. The molecule has 146 valence electrons. The van der Waals surface area contributed by atoms with Crippen LogP contribution in [0.4, 0.5) is 10.1 Å². The van der Waals surface area contributed by atoms with Crippen LogP contribution in [0.25, 0.3) is 0 Å². The second kappa shape index (κ2) is 9.98. The molecule has 3 rings (SSSR count). The van der Waals surface area contributed by atoms with E-state index in [0.29, 0.717) is 30.5 Å². The first-order valence-corrected chi connectivity index (χ1v) is 10.3. The minimum absolute atomic E-state index is 0.249. The Hall–Kier alpha value is -1.99. The number of halogens is 3. The summed E-state index contributed by atoms with van der Waals surface area (Å²) in [6.45, 7) is 3.51. The van der Waals surface area contributed by atoms with E-state index in [4.69, 9.17) is 21.1 Å². The molecule has 0 atom stereocenters. The van der Waals surface area contributed by atoms with Crippen molar-refractivity contribution in [2.75, 3.05) is 11.9 Å². The van der Waals surface area contributed by atoms with Crippen molar-refractivity contribution >= 4 is 39.9 Å². The fourth-order valence-electron chi connectivity index (χ4n) is 2.63. The normalized spacial score (nSPS) is 10.6. The summed E-state index contributed by atoms with van der Waals surface area (Å²) in [5.74, 6) is 1.18. The Morgan fingerprint density at radius 2 is 1.68 bits per heavy atom. The zero-order chi connectivity index (χ0) is 19.9. The van der Waals surface area contributed by atoms with Crippen LogP contribution in [0, 0.1) is 9.39 Å². The van der Waals surface area contributed by atoms with Crippen LogP contribution in [0.2, 0.25) is 5.02 Å². The molecule has 0 unspecified atom stereocenters. The van der Waals surface area contributed by atoms with Gasteiger partial charge < -0.3 is 14.8 Å². The van der Waals surface area contributed by atoms with Crippen LogP contribution in [-0.2, 0) is 13.2 Å². The third kappa shape index (κ3) is 5.75. The van der Waals surface area contributed by atoms with E-state index >= 15 is 0 Å². The quantitative estimate of drug-likeness (QED) is 0.343. The van der Waals surface area contributed by atoms with Crippen molar-refractivity contribution in [1.29, 1.82) is 0 Å². The van der Waals surface area contributed by atoms with Gasteiger partial charge in [0, 0.05) is 17.3 Å². The van der Waals surface area contributed by atoms with Crippen LogP contribution < -0.4 is 14.8 Å². The van der Waals surface area contributed by atoms with Crippen LogP contribution in [0.15, 0.2) is 60.7 Å². The standard InChI is InChI=1S/C22H20ClFINO2/c1-2-27-21-12-16(13-26-19-9-7-18(24)8-10-19)11-20(25)22(21)28-14-15-3-5-17(23)6-4-15/h3-12,26H,2,13-14H2,1H3. The fraction of sp³-hybridized carbons (Fsp3) is 0.182. The van der Waals surface area contributed by atoms with E-state index in [1.807, 2.05) is 37.3 Å². The average Bonchev–Trinajstić information content (AvgIpc) is 2.68. The van der Waals surface area contributed by atoms with Gasteiger partial charge in [-0.25, -0.2) is 4.39 Å². The summed E-state index contributed by atoms with van der Waals surface area (Å²) < 4.78 is 25.8. The third-order valence-electron chi connectivity index (χ3n) is 4.01. The highest BCUT2D eigenvalue weighted by Gasteiger charge is 2.13. The molecule has 3 nitrogen and oxygen atoms in total. The average molecular weight is 512 g/mol. The maximum atomic E-state index is 13.0. The van der Waals surface area contributed by atoms with Crippen molar-refractivity contribution in [2.45, 2.75) is 20.1 Å². The summed E-state index contributed by atoms with van der Waals surface area (Å²) in [5.41, 5.74) is 2.94. The molecule has 0 bridgehead atoms. The van der Waals surface area contributed by atoms with Crippen molar-refractivity contribution in [3.05, 3.63) is 86.2 Å². The smallest absolute Gasteiger partial charge is 0.174 e. The van der Waals surface area contributed by atoms with Crippen LogP contribution in [0.5, 0.6) is 11.5 Å². The number of ether oxygens (including phenoxy) is 2. The molecule has 3 aromatic carbocycles. The SMILES string of the molecule is CCOc1cc(CNc2ccc(F)cc2)cc(I)c1OCc1ccc(Cl)cc1. The van der Waals surface area contributed by atoms with Gasteiger partial charge in [-0.3, -0.25) is 0 Å². The monoisotopic (exact) mass is 511 g/mol. The summed E-state index contributed by atoms with van der Waals surface area (Å²) >= 11 is 8.19. The lowest BCUT2D eigenvalue weighted by Crippen LogP contribution is -2.05. The molecule has 28 heavy (non-hydrogen) atoms. The van der Waals surface area contributed by atoms with Crippen LogP contribution in [-0.4, -0.2) is 6.61 Å². The van der Waals surface area contributed by atoms with Gasteiger partial charge in [0.2, 0.25) is 0 Å². The molecule has 3 aromatic rings. The highest BCUT2D eigenvalue weighted by Crippen LogP contribution is 2.35. The Balaban J connectivity index is 1.73. The van der Waals surface area contributed by atoms with E-state index in [9.17, 15) is 4.39 Å². The van der Waals surface area contributed by atoms with Crippen molar-refractivity contribution in [3.63, 3.8) is 0 Å². The molecule has 0 aliphatic rings. The predicted octanol–water partition coefficient (Wildman–Crippen LogP) is 6.67. The zero-order valence-corrected chi connectivity index (χ0v) is 18.3. The Morgan fingerprint density at radius 3 is 2.36 bits per heavy atom. The van der Waals surface area contributed by atoms with E-state index in [1.54, 1.807) is 12.1 Å². The molecular formula is C22H20ClFINO2. The lowest BCUT2D eigenvalue weighted by Gasteiger charge is -2.16. The largest absolute Gasteiger partial charge is 0.490 e. The fourth-order valence-corrected chi connectivity index (χ4v) is 3.58. The number of hydrogen-bond donors (Lipinski definition) is 1. The van der Waals surface area contributed by atoms with Crippen LogP contribution >= 0.6 is 34.2 Å². The second-order valence-corrected chi connectivity index (χ2v) is 7.71.